The summed E-state index contributed by atoms with van der Waals surface area (Å²) in [5.74, 6) is 0.288. The molecule has 0 radical (unpaired) electrons. The van der Waals surface area contributed by atoms with Gasteiger partial charge in [0.05, 0.1) is 0 Å². The molecular formula is C13H24N6OS. The monoisotopic (exact) mass is 312 g/mol. The second-order valence-corrected chi connectivity index (χ2v) is 6.31. The van der Waals surface area contributed by atoms with Gasteiger partial charge in [-0.25, -0.2) is 4.98 Å². The zero-order valence-electron chi connectivity index (χ0n) is 12.9. The number of aromatic nitrogens is 1. The molecule has 0 spiro atoms. The van der Waals surface area contributed by atoms with E-state index in [1.165, 1.54) is 11.3 Å². The van der Waals surface area contributed by atoms with E-state index in [1.54, 1.807) is 11.9 Å². The molecule has 1 aromatic rings. The van der Waals surface area contributed by atoms with Crippen molar-refractivity contribution in [2.24, 2.45) is 0 Å². The van der Waals surface area contributed by atoms with E-state index in [-0.39, 0.29) is 5.91 Å². The van der Waals surface area contributed by atoms with Crippen LogP contribution in [0.4, 0.5) is 10.9 Å². The Kier molecular flexibility index (Phi) is 5.38. The van der Waals surface area contributed by atoms with Crippen molar-refractivity contribution in [1.29, 1.82) is 0 Å². The van der Waals surface area contributed by atoms with Crippen molar-refractivity contribution in [1.82, 2.24) is 20.1 Å². The zero-order chi connectivity index (χ0) is 15.4. The van der Waals surface area contributed by atoms with Gasteiger partial charge in [-0.1, -0.05) is 11.3 Å². The molecule has 7 nitrogen and oxygen atoms in total. The molecule has 0 unspecified atom stereocenters. The van der Waals surface area contributed by atoms with Gasteiger partial charge in [-0.3, -0.25) is 4.79 Å². The van der Waals surface area contributed by atoms with E-state index < -0.39 is 0 Å². The number of nitrogens with zero attached hydrogens (tertiary/aromatic N) is 4. The van der Waals surface area contributed by atoms with Gasteiger partial charge in [0.15, 0.2) is 5.13 Å². The molecule has 1 aliphatic rings. The van der Waals surface area contributed by atoms with Crippen molar-refractivity contribution in [2.45, 2.75) is 0 Å². The van der Waals surface area contributed by atoms with Crippen LogP contribution < -0.4 is 16.0 Å². The molecule has 118 valence electrons. The van der Waals surface area contributed by atoms with Crippen molar-refractivity contribution in [3.63, 3.8) is 0 Å². The summed E-state index contributed by atoms with van der Waals surface area (Å²) in [7, 11) is 5.76. The third-order valence-corrected chi connectivity index (χ3v) is 4.77. The molecular weight excluding hydrogens is 288 g/mol. The summed E-state index contributed by atoms with van der Waals surface area (Å²) in [6, 6.07) is 0. The van der Waals surface area contributed by atoms with Gasteiger partial charge in [-0.2, -0.15) is 0 Å². The van der Waals surface area contributed by atoms with Gasteiger partial charge in [-0.05, 0) is 14.1 Å². The van der Waals surface area contributed by atoms with E-state index in [0.29, 0.717) is 17.2 Å². The Hall–Kier alpha value is -1.38. The Bertz CT molecular complexity index is 483. The van der Waals surface area contributed by atoms with Crippen LogP contribution in [0.5, 0.6) is 0 Å². The number of nitrogens with one attached hydrogen (secondary N) is 1. The Morgan fingerprint density at radius 1 is 1.43 bits per heavy atom. The topological polar surface area (TPSA) is 77.7 Å². The SMILES string of the molecule is CNCCN(C)C(=O)c1sc(N2CCN(C)CC2)nc1N. The molecule has 2 heterocycles. The fourth-order valence-electron chi connectivity index (χ4n) is 2.16. The number of likely N-dealkylation sites (N-methyl/N-ethyl adjacent to an activating group) is 3. The van der Waals surface area contributed by atoms with Gasteiger partial charge in [-0.15, -0.1) is 0 Å². The number of amides is 1. The largest absolute Gasteiger partial charge is 0.382 e. The van der Waals surface area contributed by atoms with Crippen LogP contribution in [-0.2, 0) is 0 Å². The van der Waals surface area contributed by atoms with E-state index in [1.807, 2.05) is 7.05 Å². The normalized spacial score (nSPS) is 16.2. The summed E-state index contributed by atoms with van der Waals surface area (Å²) in [4.78, 5) is 23.5. The maximum atomic E-state index is 12.4. The number of nitrogen functional groups attached to an aromatic ring is 1. The number of piperazine rings is 1. The van der Waals surface area contributed by atoms with Crippen LogP contribution in [-0.4, -0.2) is 81.1 Å². The highest BCUT2D eigenvalue weighted by Crippen LogP contribution is 2.29. The second kappa shape index (κ2) is 7.06. The van der Waals surface area contributed by atoms with Crippen LogP contribution in [0.3, 0.4) is 0 Å². The van der Waals surface area contributed by atoms with Gasteiger partial charge in [0.2, 0.25) is 0 Å². The predicted molar refractivity (Wildman–Crippen MR) is 87.1 cm³/mol. The van der Waals surface area contributed by atoms with Gasteiger partial charge in [0.25, 0.3) is 5.91 Å². The number of nitrogens with two attached hydrogens (primary N) is 1. The highest BCUT2D eigenvalue weighted by molar-refractivity contribution is 7.18. The maximum absolute atomic E-state index is 12.4. The minimum atomic E-state index is -0.0550. The standard InChI is InChI=1S/C13H24N6OS/c1-15-4-5-18(3)12(20)10-11(14)16-13(21-10)19-8-6-17(2)7-9-19/h15H,4-9,14H2,1-3H3. The van der Waals surface area contributed by atoms with E-state index in [9.17, 15) is 4.79 Å². The van der Waals surface area contributed by atoms with E-state index >= 15 is 0 Å². The van der Waals surface area contributed by atoms with Crippen molar-refractivity contribution in [3.05, 3.63) is 4.88 Å². The molecule has 8 heteroatoms. The Labute approximate surface area is 129 Å². The Balaban J connectivity index is 2.06. The summed E-state index contributed by atoms with van der Waals surface area (Å²) < 4.78 is 0. The highest BCUT2D eigenvalue weighted by atomic mass is 32.1. The fraction of sp³-hybridized carbons (Fsp3) is 0.692. The minimum Gasteiger partial charge on any atom is -0.382 e. The average molecular weight is 312 g/mol. The molecule has 0 saturated carbocycles. The van der Waals surface area contributed by atoms with Crippen molar-refractivity contribution in [2.75, 3.05) is 71.0 Å². The van der Waals surface area contributed by atoms with Gasteiger partial charge in [0.1, 0.15) is 10.7 Å². The van der Waals surface area contributed by atoms with Crippen LogP contribution in [0, 0.1) is 0 Å². The van der Waals surface area contributed by atoms with E-state index in [0.717, 1.165) is 37.9 Å². The summed E-state index contributed by atoms with van der Waals surface area (Å²) in [6.45, 7) is 5.26. The first-order chi connectivity index (χ1) is 10.0. The number of anilines is 2. The summed E-state index contributed by atoms with van der Waals surface area (Å²) >= 11 is 1.40. The van der Waals surface area contributed by atoms with E-state index in [4.69, 9.17) is 5.73 Å². The number of carbonyl (C=O) groups excluding carboxylic acids is 1. The number of thiazole rings is 1. The number of hydrogen-bond acceptors (Lipinski definition) is 7. The molecule has 1 aliphatic heterocycles. The van der Waals surface area contributed by atoms with Crippen molar-refractivity contribution in [3.8, 4) is 0 Å². The second-order valence-electron chi connectivity index (χ2n) is 5.33. The van der Waals surface area contributed by atoms with E-state index in [2.05, 4.69) is 27.1 Å². The summed E-state index contributed by atoms with van der Waals surface area (Å²) in [5, 5.41) is 3.88. The van der Waals surface area contributed by atoms with Crippen molar-refractivity contribution >= 4 is 28.2 Å². The molecule has 0 bridgehead atoms. The first kappa shape index (κ1) is 16.0. The summed E-state index contributed by atoms with van der Waals surface area (Å²) in [6.07, 6.45) is 0. The Morgan fingerprint density at radius 2 is 2.10 bits per heavy atom. The zero-order valence-corrected chi connectivity index (χ0v) is 13.7. The third kappa shape index (κ3) is 3.84. The lowest BCUT2D eigenvalue weighted by atomic mass is 10.3. The predicted octanol–water partition coefficient (Wildman–Crippen LogP) is -0.231. The van der Waals surface area contributed by atoms with Gasteiger partial charge in [0, 0.05) is 46.3 Å². The lowest BCUT2D eigenvalue weighted by Gasteiger charge is -2.32. The molecule has 0 aromatic carbocycles. The molecule has 0 atom stereocenters. The van der Waals surface area contributed by atoms with Crippen LogP contribution in [0.25, 0.3) is 0 Å². The molecule has 1 fully saturated rings. The molecule has 3 N–H and O–H groups in total. The lowest BCUT2D eigenvalue weighted by Crippen LogP contribution is -2.44. The smallest absolute Gasteiger partial charge is 0.267 e. The average Bonchev–Trinajstić information content (AvgIpc) is 2.86. The van der Waals surface area contributed by atoms with Crippen LogP contribution in [0.15, 0.2) is 0 Å². The first-order valence-electron chi connectivity index (χ1n) is 7.12. The Morgan fingerprint density at radius 3 is 2.71 bits per heavy atom. The third-order valence-electron chi connectivity index (χ3n) is 3.65. The molecule has 2 rings (SSSR count). The maximum Gasteiger partial charge on any atom is 0.267 e. The van der Waals surface area contributed by atoms with Crippen LogP contribution >= 0.6 is 11.3 Å². The fourth-order valence-corrected chi connectivity index (χ4v) is 3.19. The van der Waals surface area contributed by atoms with Crippen LogP contribution in [0.2, 0.25) is 0 Å². The highest BCUT2D eigenvalue weighted by Gasteiger charge is 2.23. The molecule has 1 saturated heterocycles. The minimum absolute atomic E-state index is 0.0550. The number of carbonyl (C=O) groups is 1. The summed E-state index contributed by atoms with van der Waals surface area (Å²) in [5.41, 5.74) is 5.94. The molecule has 1 aromatic heterocycles. The molecule has 0 aliphatic carbocycles. The lowest BCUT2D eigenvalue weighted by molar-refractivity contribution is 0.0802. The quantitative estimate of drug-likeness (QED) is 0.782. The molecule has 21 heavy (non-hydrogen) atoms. The van der Waals surface area contributed by atoms with Crippen LogP contribution in [0.1, 0.15) is 9.67 Å². The van der Waals surface area contributed by atoms with Gasteiger partial charge < -0.3 is 25.8 Å². The van der Waals surface area contributed by atoms with Gasteiger partial charge >= 0.3 is 0 Å². The molecule has 1 amide bonds. The van der Waals surface area contributed by atoms with Crippen molar-refractivity contribution < 1.29 is 4.79 Å². The number of hydrogen-bond donors (Lipinski definition) is 2. The number of rotatable bonds is 5. The first-order valence-corrected chi connectivity index (χ1v) is 7.94.